The molecule has 0 aromatic heterocycles. The van der Waals surface area contributed by atoms with Crippen LogP contribution in [0.2, 0.25) is 0 Å². The van der Waals surface area contributed by atoms with E-state index in [9.17, 15) is 4.57 Å². The van der Waals surface area contributed by atoms with E-state index in [-0.39, 0.29) is 0 Å². The lowest BCUT2D eigenvalue weighted by molar-refractivity contribution is -0.0118. The van der Waals surface area contributed by atoms with E-state index in [2.05, 4.69) is 0 Å². The maximum atomic E-state index is 11.3. The second-order valence-electron chi connectivity index (χ2n) is 3.71. The van der Waals surface area contributed by atoms with Gasteiger partial charge in [0.25, 0.3) is 0 Å². The van der Waals surface area contributed by atoms with Crippen molar-refractivity contribution in [3.05, 3.63) is 0 Å². The van der Waals surface area contributed by atoms with E-state index in [0.717, 1.165) is 6.42 Å². The molecule has 3 nitrogen and oxygen atoms in total. The highest BCUT2D eigenvalue weighted by atomic mass is 35.7. The summed E-state index contributed by atoms with van der Waals surface area (Å²) in [6.45, 7) is 4.14. The highest BCUT2D eigenvalue weighted by Gasteiger charge is 2.56. The zero-order chi connectivity index (χ0) is 9.62. The van der Waals surface area contributed by atoms with Crippen LogP contribution in [0.3, 0.4) is 0 Å². The van der Waals surface area contributed by atoms with Gasteiger partial charge in [-0.3, -0.25) is 9.05 Å². The molecule has 0 N–H and O–H groups in total. The van der Waals surface area contributed by atoms with Crippen LogP contribution in [-0.4, -0.2) is 11.2 Å². The first kappa shape index (κ1) is 10.5. The van der Waals surface area contributed by atoms with Crippen molar-refractivity contribution in [3.63, 3.8) is 0 Å². The van der Waals surface area contributed by atoms with Crippen LogP contribution >= 0.6 is 18.2 Å². The summed E-state index contributed by atoms with van der Waals surface area (Å²) >= 11 is 5.53. The molecule has 1 saturated heterocycles. The Bertz CT molecular complexity index is 241. The first-order valence-corrected chi connectivity index (χ1v) is 6.38. The van der Waals surface area contributed by atoms with Crippen molar-refractivity contribution >= 4 is 18.2 Å². The fraction of sp³-hybridized carbons (Fsp3) is 1.00. The molecular weight excluding hydrogens is 199 g/mol. The minimum Gasteiger partial charge on any atom is -0.288 e. The molecule has 1 fully saturated rings. The van der Waals surface area contributed by atoms with E-state index in [1.807, 2.05) is 27.7 Å². The van der Waals surface area contributed by atoms with E-state index in [1.54, 1.807) is 0 Å². The predicted octanol–water partition coefficient (Wildman–Crippen LogP) is 3.33. The molecule has 2 unspecified atom stereocenters. The Morgan fingerprint density at radius 2 is 1.83 bits per heavy atom. The molecule has 1 aliphatic rings. The van der Waals surface area contributed by atoms with Crippen LogP contribution in [0.15, 0.2) is 0 Å². The SMILES string of the molecule is CCC1(C)OP(=O)(Cl)OC1(C)C. The van der Waals surface area contributed by atoms with Crippen molar-refractivity contribution in [2.45, 2.75) is 45.3 Å². The summed E-state index contributed by atoms with van der Waals surface area (Å²) in [6, 6.07) is 0. The molecule has 12 heavy (non-hydrogen) atoms. The van der Waals surface area contributed by atoms with Crippen molar-refractivity contribution in [2.75, 3.05) is 0 Å². The van der Waals surface area contributed by atoms with Gasteiger partial charge in [0.2, 0.25) is 0 Å². The Hall–Kier alpha value is 0.440. The second-order valence-corrected chi connectivity index (χ2v) is 6.18. The maximum Gasteiger partial charge on any atom is 0.425 e. The Morgan fingerprint density at radius 3 is 2.00 bits per heavy atom. The number of rotatable bonds is 1. The predicted molar refractivity (Wildman–Crippen MR) is 48.4 cm³/mol. The minimum absolute atomic E-state index is 0.551. The van der Waals surface area contributed by atoms with Crippen LogP contribution < -0.4 is 0 Å². The van der Waals surface area contributed by atoms with Crippen LogP contribution in [0.5, 0.6) is 0 Å². The molecule has 72 valence electrons. The standard InChI is InChI=1S/C7H14ClO3P/c1-5-7(4)6(2,3)10-12(8,9)11-7/h5H2,1-4H3. The van der Waals surface area contributed by atoms with Crippen molar-refractivity contribution in [3.8, 4) is 0 Å². The monoisotopic (exact) mass is 212 g/mol. The fourth-order valence-corrected chi connectivity index (χ4v) is 3.81. The average molecular weight is 213 g/mol. The quantitative estimate of drug-likeness (QED) is 0.626. The Kier molecular flexibility index (Phi) is 2.38. The van der Waals surface area contributed by atoms with Crippen LogP contribution in [0, 0.1) is 0 Å². The lowest BCUT2D eigenvalue weighted by Gasteiger charge is -2.32. The van der Waals surface area contributed by atoms with Crippen molar-refractivity contribution in [1.29, 1.82) is 0 Å². The van der Waals surface area contributed by atoms with Gasteiger partial charge in [0.15, 0.2) is 0 Å². The summed E-state index contributed by atoms with van der Waals surface area (Å²) in [5.41, 5.74) is -1.14. The third kappa shape index (κ3) is 1.56. The number of hydrogen-bond donors (Lipinski definition) is 0. The van der Waals surface area contributed by atoms with E-state index < -0.39 is 18.2 Å². The molecule has 0 aliphatic carbocycles. The maximum absolute atomic E-state index is 11.3. The normalized spacial score (nSPS) is 46.4. The summed E-state index contributed by atoms with van der Waals surface area (Å²) in [5.74, 6) is 0. The van der Waals surface area contributed by atoms with Gasteiger partial charge in [-0.1, -0.05) is 6.92 Å². The third-order valence-corrected chi connectivity index (χ3v) is 4.31. The summed E-state index contributed by atoms with van der Waals surface area (Å²) < 4.78 is 21.7. The highest BCUT2D eigenvalue weighted by molar-refractivity contribution is 7.81. The van der Waals surface area contributed by atoms with Crippen LogP contribution in [0.25, 0.3) is 0 Å². The van der Waals surface area contributed by atoms with Gasteiger partial charge < -0.3 is 0 Å². The van der Waals surface area contributed by atoms with Gasteiger partial charge in [-0.25, -0.2) is 4.57 Å². The lowest BCUT2D eigenvalue weighted by atomic mass is 9.86. The first-order valence-electron chi connectivity index (χ1n) is 3.94. The zero-order valence-corrected chi connectivity index (χ0v) is 9.41. The molecule has 1 heterocycles. The first-order chi connectivity index (χ1) is 5.22. The summed E-state index contributed by atoms with van der Waals surface area (Å²) in [5, 5.41) is 0. The molecule has 0 saturated carbocycles. The van der Waals surface area contributed by atoms with Gasteiger partial charge in [-0.15, -0.1) is 0 Å². The molecule has 0 spiro atoms. The molecule has 0 aromatic carbocycles. The summed E-state index contributed by atoms with van der Waals surface area (Å²) in [7, 11) is 0. The fourth-order valence-electron chi connectivity index (χ4n) is 1.23. The van der Waals surface area contributed by atoms with Gasteiger partial charge in [-0.05, 0) is 27.2 Å². The van der Waals surface area contributed by atoms with E-state index in [0.29, 0.717) is 0 Å². The molecule has 0 bridgehead atoms. The topological polar surface area (TPSA) is 35.5 Å². The van der Waals surface area contributed by atoms with Gasteiger partial charge in [0, 0.05) is 11.2 Å². The zero-order valence-electron chi connectivity index (χ0n) is 7.76. The van der Waals surface area contributed by atoms with E-state index in [4.69, 9.17) is 20.3 Å². The second kappa shape index (κ2) is 2.71. The van der Waals surface area contributed by atoms with Gasteiger partial charge >= 0.3 is 6.95 Å². The van der Waals surface area contributed by atoms with Gasteiger partial charge in [0.05, 0.1) is 0 Å². The van der Waals surface area contributed by atoms with Crippen molar-refractivity contribution in [2.24, 2.45) is 0 Å². The largest absolute Gasteiger partial charge is 0.425 e. The molecule has 1 rings (SSSR count). The minimum atomic E-state index is -3.33. The molecule has 5 heteroatoms. The number of halogens is 1. The highest BCUT2D eigenvalue weighted by Crippen LogP contribution is 2.67. The molecular formula is C7H14ClO3P. The van der Waals surface area contributed by atoms with Crippen LogP contribution in [0.4, 0.5) is 0 Å². The molecule has 0 radical (unpaired) electrons. The van der Waals surface area contributed by atoms with Gasteiger partial charge in [0.1, 0.15) is 11.2 Å². The third-order valence-electron chi connectivity index (χ3n) is 2.60. The van der Waals surface area contributed by atoms with Crippen LogP contribution in [-0.2, 0) is 13.6 Å². The number of hydrogen-bond acceptors (Lipinski definition) is 3. The molecule has 1 aliphatic heterocycles. The Morgan fingerprint density at radius 1 is 1.33 bits per heavy atom. The molecule has 0 amide bonds. The smallest absolute Gasteiger partial charge is 0.288 e. The average Bonchev–Trinajstić information content (AvgIpc) is 1.98. The van der Waals surface area contributed by atoms with E-state index in [1.165, 1.54) is 0 Å². The lowest BCUT2D eigenvalue weighted by Crippen LogP contribution is -2.44. The molecule has 0 aromatic rings. The van der Waals surface area contributed by atoms with E-state index >= 15 is 0 Å². The molecule has 2 atom stereocenters. The van der Waals surface area contributed by atoms with Crippen LogP contribution in [0.1, 0.15) is 34.1 Å². The Balaban J connectivity index is 3.00. The summed E-state index contributed by atoms with van der Waals surface area (Å²) in [6.07, 6.45) is 0.719. The van der Waals surface area contributed by atoms with Crippen molar-refractivity contribution < 1.29 is 13.6 Å². The van der Waals surface area contributed by atoms with Crippen molar-refractivity contribution in [1.82, 2.24) is 0 Å². The Labute approximate surface area is 77.7 Å². The summed E-state index contributed by atoms with van der Waals surface area (Å²) in [4.78, 5) is 0. The van der Waals surface area contributed by atoms with Gasteiger partial charge in [-0.2, -0.15) is 0 Å².